The van der Waals surface area contributed by atoms with Crippen molar-refractivity contribution in [2.24, 2.45) is 11.8 Å². The number of hydrogen-bond donors (Lipinski definition) is 0. The molecular formula is C8H19BO2. The van der Waals surface area contributed by atoms with Crippen LogP contribution in [0.4, 0.5) is 0 Å². The van der Waals surface area contributed by atoms with Gasteiger partial charge in [0, 0.05) is 13.2 Å². The Morgan fingerprint density at radius 1 is 0.909 bits per heavy atom. The summed E-state index contributed by atoms with van der Waals surface area (Å²) >= 11 is 0. The molecular weight excluding hydrogens is 139 g/mol. The van der Waals surface area contributed by atoms with Crippen LogP contribution in [0.1, 0.15) is 27.7 Å². The zero-order valence-corrected chi connectivity index (χ0v) is 8.09. The molecule has 0 rings (SSSR count). The maximum Gasteiger partial charge on any atom is 0.438 e. The molecule has 0 aromatic carbocycles. The molecule has 0 saturated heterocycles. The minimum absolute atomic E-state index is 0.441. The highest BCUT2D eigenvalue weighted by Crippen LogP contribution is 1.93. The molecule has 2 nitrogen and oxygen atoms in total. The second-order valence-electron chi connectivity index (χ2n) is 3.65. The molecule has 0 heterocycles. The molecule has 3 heteroatoms. The lowest BCUT2D eigenvalue weighted by Gasteiger charge is -2.07. The van der Waals surface area contributed by atoms with Crippen LogP contribution >= 0.6 is 0 Å². The van der Waals surface area contributed by atoms with Crippen LogP contribution in [0.2, 0.25) is 0 Å². The zero-order valence-electron chi connectivity index (χ0n) is 8.09. The van der Waals surface area contributed by atoms with E-state index < -0.39 is 0 Å². The topological polar surface area (TPSA) is 18.5 Å². The van der Waals surface area contributed by atoms with Gasteiger partial charge in [0.15, 0.2) is 0 Å². The van der Waals surface area contributed by atoms with E-state index in [2.05, 4.69) is 27.7 Å². The van der Waals surface area contributed by atoms with Crippen molar-refractivity contribution in [1.29, 1.82) is 0 Å². The Morgan fingerprint density at radius 2 is 1.27 bits per heavy atom. The monoisotopic (exact) mass is 158 g/mol. The summed E-state index contributed by atoms with van der Waals surface area (Å²) in [5.74, 6) is 1.19. The van der Waals surface area contributed by atoms with Gasteiger partial charge in [0.2, 0.25) is 0 Å². The van der Waals surface area contributed by atoms with Gasteiger partial charge >= 0.3 is 7.69 Å². The van der Waals surface area contributed by atoms with E-state index >= 15 is 0 Å². The quantitative estimate of drug-likeness (QED) is 0.431. The minimum Gasteiger partial charge on any atom is -0.414 e. The van der Waals surface area contributed by atoms with Gasteiger partial charge in [-0.3, -0.25) is 0 Å². The molecule has 11 heavy (non-hydrogen) atoms. The van der Waals surface area contributed by atoms with Gasteiger partial charge in [0.1, 0.15) is 0 Å². The predicted octanol–water partition coefficient (Wildman–Crippen LogP) is 1.60. The van der Waals surface area contributed by atoms with Crippen LogP contribution in [0.3, 0.4) is 0 Å². The van der Waals surface area contributed by atoms with Crippen LogP contribution in [-0.4, -0.2) is 20.9 Å². The largest absolute Gasteiger partial charge is 0.438 e. The molecule has 0 amide bonds. The fraction of sp³-hybridized carbons (Fsp3) is 1.00. The predicted molar refractivity (Wildman–Crippen MR) is 48.7 cm³/mol. The standard InChI is InChI=1S/C8H19BO2/c1-7(2)5-10-9-11-6-8(3)4/h7-9H,5-6H2,1-4H3. The number of rotatable bonds is 6. The summed E-state index contributed by atoms with van der Waals surface area (Å²) in [6, 6.07) is 0. The van der Waals surface area contributed by atoms with Crippen LogP contribution in [0.15, 0.2) is 0 Å². The third-order valence-electron chi connectivity index (χ3n) is 1.07. The van der Waals surface area contributed by atoms with Gasteiger partial charge in [0.05, 0.1) is 0 Å². The molecule has 0 N–H and O–H groups in total. The second-order valence-corrected chi connectivity index (χ2v) is 3.65. The van der Waals surface area contributed by atoms with Crippen molar-refractivity contribution in [2.45, 2.75) is 27.7 Å². The van der Waals surface area contributed by atoms with Crippen molar-refractivity contribution >= 4 is 7.69 Å². The first kappa shape index (κ1) is 11.0. The van der Waals surface area contributed by atoms with Gasteiger partial charge in [-0.2, -0.15) is 0 Å². The smallest absolute Gasteiger partial charge is 0.414 e. The number of hydrogen-bond acceptors (Lipinski definition) is 2. The molecule has 0 bridgehead atoms. The molecule has 0 aromatic rings. The first-order valence-electron chi connectivity index (χ1n) is 4.28. The molecule has 0 aliphatic rings. The Morgan fingerprint density at radius 3 is 1.55 bits per heavy atom. The van der Waals surface area contributed by atoms with Gasteiger partial charge in [0.25, 0.3) is 0 Å². The van der Waals surface area contributed by atoms with E-state index in [1.165, 1.54) is 0 Å². The van der Waals surface area contributed by atoms with Crippen molar-refractivity contribution in [1.82, 2.24) is 0 Å². The van der Waals surface area contributed by atoms with E-state index in [1.807, 2.05) is 0 Å². The van der Waals surface area contributed by atoms with Gasteiger partial charge in [-0.15, -0.1) is 0 Å². The van der Waals surface area contributed by atoms with Crippen molar-refractivity contribution in [3.63, 3.8) is 0 Å². The van der Waals surface area contributed by atoms with Gasteiger partial charge in [-0.05, 0) is 11.8 Å². The van der Waals surface area contributed by atoms with Crippen molar-refractivity contribution in [3.05, 3.63) is 0 Å². The Hall–Kier alpha value is -0.0151. The second kappa shape index (κ2) is 6.68. The molecule has 0 unspecified atom stereocenters. The fourth-order valence-corrected chi connectivity index (χ4v) is 0.627. The van der Waals surface area contributed by atoms with E-state index in [1.54, 1.807) is 0 Å². The first-order valence-corrected chi connectivity index (χ1v) is 4.28. The normalized spacial score (nSPS) is 11.1. The van der Waals surface area contributed by atoms with Crippen LogP contribution in [0.25, 0.3) is 0 Å². The van der Waals surface area contributed by atoms with Gasteiger partial charge < -0.3 is 9.31 Å². The summed E-state index contributed by atoms with van der Waals surface area (Å²) in [4.78, 5) is 0. The Bertz CT molecular complexity index is 74.2. The lowest BCUT2D eigenvalue weighted by atomic mass is 10.2. The fourth-order valence-electron chi connectivity index (χ4n) is 0.627. The Kier molecular flexibility index (Phi) is 6.67. The van der Waals surface area contributed by atoms with Crippen LogP contribution in [0, 0.1) is 11.8 Å². The highest BCUT2D eigenvalue weighted by atomic mass is 16.6. The maximum absolute atomic E-state index is 5.22. The van der Waals surface area contributed by atoms with Crippen molar-refractivity contribution in [3.8, 4) is 0 Å². The molecule has 0 saturated carbocycles. The first-order chi connectivity index (χ1) is 5.13. The summed E-state index contributed by atoms with van der Waals surface area (Å²) in [7, 11) is 0.441. The molecule has 0 fully saturated rings. The molecule has 0 aromatic heterocycles. The summed E-state index contributed by atoms with van der Waals surface area (Å²) in [6.45, 7) is 10.1. The highest BCUT2D eigenvalue weighted by Gasteiger charge is 1.97. The van der Waals surface area contributed by atoms with Crippen LogP contribution < -0.4 is 0 Å². The van der Waals surface area contributed by atoms with Crippen LogP contribution in [0.5, 0.6) is 0 Å². The average Bonchev–Trinajstić information content (AvgIpc) is 1.85. The zero-order chi connectivity index (χ0) is 8.69. The Balaban J connectivity index is 2.91. The summed E-state index contributed by atoms with van der Waals surface area (Å²) in [6.07, 6.45) is 0. The average molecular weight is 158 g/mol. The lowest BCUT2D eigenvalue weighted by molar-refractivity contribution is 0.185. The SMILES string of the molecule is CC(C)COBOCC(C)C. The van der Waals surface area contributed by atoms with Crippen LogP contribution in [-0.2, 0) is 9.31 Å². The molecule has 0 aliphatic carbocycles. The third-order valence-corrected chi connectivity index (χ3v) is 1.07. The van der Waals surface area contributed by atoms with E-state index in [0.29, 0.717) is 19.5 Å². The molecule has 0 radical (unpaired) electrons. The Labute approximate surface area is 70.6 Å². The summed E-state index contributed by atoms with van der Waals surface area (Å²) in [5, 5.41) is 0. The van der Waals surface area contributed by atoms with E-state index in [9.17, 15) is 0 Å². The highest BCUT2D eigenvalue weighted by molar-refractivity contribution is 6.17. The van der Waals surface area contributed by atoms with E-state index in [4.69, 9.17) is 9.31 Å². The molecule has 0 atom stereocenters. The third kappa shape index (κ3) is 9.98. The minimum atomic E-state index is 0.441. The molecule has 0 aliphatic heterocycles. The van der Waals surface area contributed by atoms with Gasteiger partial charge in [-0.1, -0.05) is 27.7 Å². The molecule has 0 spiro atoms. The van der Waals surface area contributed by atoms with Crippen molar-refractivity contribution < 1.29 is 9.31 Å². The van der Waals surface area contributed by atoms with E-state index in [0.717, 1.165) is 13.2 Å². The lowest BCUT2D eigenvalue weighted by Crippen LogP contribution is -2.12. The van der Waals surface area contributed by atoms with Gasteiger partial charge in [-0.25, -0.2) is 0 Å². The summed E-state index contributed by atoms with van der Waals surface area (Å²) in [5.41, 5.74) is 0. The van der Waals surface area contributed by atoms with Crippen molar-refractivity contribution in [2.75, 3.05) is 13.2 Å². The van der Waals surface area contributed by atoms with E-state index in [-0.39, 0.29) is 0 Å². The maximum atomic E-state index is 5.22. The summed E-state index contributed by atoms with van der Waals surface area (Å²) < 4.78 is 10.4. The molecule has 66 valence electrons.